The molecule has 1 heterocycles. The van der Waals surface area contributed by atoms with Crippen LogP contribution in [0.1, 0.15) is 29.0 Å². The molecule has 0 bridgehead atoms. The summed E-state index contributed by atoms with van der Waals surface area (Å²) in [5, 5.41) is 0.545. The van der Waals surface area contributed by atoms with E-state index in [0.29, 0.717) is 22.3 Å². The van der Waals surface area contributed by atoms with Crippen molar-refractivity contribution in [1.82, 2.24) is 4.57 Å². The Morgan fingerprint density at radius 2 is 1.71 bits per heavy atom. The Hall–Kier alpha value is -3.33. The van der Waals surface area contributed by atoms with Gasteiger partial charge in [-0.3, -0.25) is 13.7 Å². The summed E-state index contributed by atoms with van der Waals surface area (Å²) in [7, 11) is -2.50. The van der Waals surface area contributed by atoms with E-state index < -0.39 is 28.4 Å². The highest BCUT2D eigenvalue weighted by atomic mass is 32.2. The van der Waals surface area contributed by atoms with Gasteiger partial charge in [0.25, 0.3) is 5.91 Å². The average Bonchev–Trinajstić information content (AvgIpc) is 3.11. The number of methoxy groups -OCH3 is 1. The molecule has 31 heavy (non-hydrogen) atoms. The van der Waals surface area contributed by atoms with Crippen LogP contribution in [0.15, 0.2) is 54.7 Å². The number of carbonyl (C=O) groups is 2. The Kier molecular flexibility index (Phi) is 6.35. The van der Waals surface area contributed by atoms with Gasteiger partial charge in [-0.25, -0.2) is 13.2 Å². The van der Waals surface area contributed by atoms with Crippen molar-refractivity contribution >= 4 is 38.5 Å². The minimum atomic E-state index is -3.76. The fraction of sp³-hybridized carbons (Fsp3) is 0.273. The zero-order valence-corrected chi connectivity index (χ0v) is 18.5. The lowest BCUT2D eigenvalue weighted by Crippen LogP contribution is -2.36. The Labute approximate surface area is 181 Å². The number of esters is 1. The molecule has 0 aliphatic carbocycles. The number of hydrogen-bond donors (Lipinski definition) is 0. The first-order chi connectivity index (χ1) is 14.6. The van der Waals surface area contributed by atoms with E-state index >= 15 is 0 Å². The third-order valence-corrected chi connectivity index (χ3v) is 5.70. The lowest BCUT2D eigenvalue weighted by atomic mass is 10.2. The van der Waals surface area contributed by atoms with Gasteiger partial charge in [0.05, 0.1) is 36.2 Å². The average molecular weight is 445 g/mol. The summed E-state index contributed by atoms with van der Waals surface area (Å²) < 4.78 is 37.6. The van der Waals surface area contributed by atoms with Gasteiger partial charge in [-0.2, -0.15) is 0 Å². The molecule has 0 aliphatic rings. The van der Waals surface area contributed by atoms with Crippen LogP contribution < -0.4 is 9.04 Å². The van der Waals surface area contributed by atoms with Crippen LogP contribution in [0, 0.1) is 0 Å². The molecule has 0 radical (unpaired) electrons. The van der Waals surface area contributed by atoms with E-state index in [-0.39, 0.29) is 11.7 Å². The number of aromatic nitrogens is 1. The predicted molar refractivity (Wildman–Crippen MR) is 118 cm³/mol. The van der Waals surface area contributed by atoms with E-state index in [4.69, 9.17) is 9.47 Å². The zero-order valence-electron chi connectivity index (χ0n) is 17.7. The molecule has 0 aliphatic heterocycles. The van der Waals surface area contributed by atoms with Crippen LogP contribution in [0.2, 0.25) is 0 Å². The predicted octanol–water partition coefficient (Wildman–Crippen LogP) is 3.32. The Bertz CT molecular complexity index is 1210. The first-order valence-electron chi connectivity index (χ1n) is 9.58. The number of ether oxygens (including phenoxy) is 2. The summed E-state index contributed by atoms with van der Waals surface area (Å²) in [6.45, 7) is 3.33. The summed E-state index contributed by atoms with van der Waals surface area (Å²) in [4.78, 5) is 25.2. The van der Waals surface area contributed by atoms with Crippen molar-refractivity contribution in [1.29, 1.82) is 0 Å². The van der Waals surface area contributed by atoms with Crippen molar-refractivity contribution in [3.63, 3.8) is 0 Å². The van der Waals surface area contributed by atoms with Gasteiger partial charge < -0.3 is 9.47 Å². The van der Waals surface area contributed by atoms with Gasteiger partial charge in [0, 0.05) is 11.6 Å². The fourth-order valence-corrected chi connectivity index (χ4v) is 4.07. The second-order valence-electron chi connectivity index (χ2n) is 7.25. The quantitative estimate of drug-likeness (QED) is 0.519. The van der Waals surface area contributed by atoms with E-state index in [9.17, 15) is 18.0 Å². The first-order valence-corrected chi connectivity index (χ1v) is 11.4. The van der Waals surface area contributed by atoms with Crippen molar-refractivity contribution < 1.29 is 27.5 Å². The van der Waals surface area contributed by atoms with Crippen LogP contribution in [-0.4, -0.2) is 50.9 Å². The number of para-hydroxylation sites is 1. The second kappa shape index (κ2) is 8.81. The molecule has 1 aromatic heterocycles. The lowest BCUT2D eigenvalue weighted by Gasteiger charge is -2.22. The molecule has 0 saturated heterocycles. The number of hydrogen-bond acceptors (Lipinski definition) is 6. The minimum absolute atomic E-state index is 0.0236. The molecule has 9 heteroatoms. The van der Waals surface area contributed by atoms with Crippen LogP contribution >= 0.6 is 0 Å². The topological polar surface area (TPSA) is 94.9 Å². The van der Waals surface area contributed by atoms with Gasteiger partial charge in [-0.15, -0.1) is 0 Å². The van der Waals surface area contributed by atoms with Gasteiger partial charge in [0.1, 0.15) is 12.3 Å². The summed E-state index contributed by atoms with van der Waals surface area (Å²) in [6.07, 6.45) is 2.38. The maximum Gasteiger partial charge on any atom is 0.340 e. The molecule has 164 valence electrons. The summed E-state index contributed by atoms with van der Waals surface area (Å²) >= 11 is 0. The molecule has 0 atom stereocenters. The van der Waals surface area contributed by atoms with Crippen LogP contribution in [0.25, 0.3) is 10.9 Å². The van der Waals surface area contributed by atoms with Gasteiger partial charge in [0.15, 0.2) is 0 Å². The SMILES string of the molecule is COC(=O)c1cn(C(=O)CN(c2ccc(OC(C)C)cc2)S(C)(=O)=O)c2ccccc12. The Morgan fingerprint density at radius 1 is 1.06 bits per heavy atom. The molecule has 0 N–H and O–H groups in total. The molecular weight excluding hydrogens is 420 g/mol. The van der Waals surface area contributed by atoms with E-state index in [2.05, 4.69) is 0 Å². The van der Waals surface area contributed by atoms with Crippen molar-refractivity contribution in [3.8, 4) is 5.75 Å². The zero-order chi connectivity index (χ0) is 22.8. The molecule has 2 aromatic carbocycles. The highest BCUT2D eigenvalue weighted by molar-refractivity contribution is 7.92. The Morgan fingerprint density at radius 3 is 2.29 bits per heavy atom. The lowest BCUT2D eigenvalue weighted by molar-refractivity contribution is 0.0603. The molecule has 3 aromatic rings. The van der Waals surface area contributed by atoms with Crippen molar-refractivity contribution in [2.45, 2.75) is 20.0 Å². The first kappa shape index (κ1) is 22.4. The van der Waals surface area contributed by atoms with Crippen molar-refractivity contribution in [3.05, 3.63) is 60.3 Å². The fourth-order valence-electron chi connectivity index (χ4n) is 3.22. The van der Waals surface area contributed by atoms with Crippen LogP contribution in [0.5, 0.6) is 5.75 Å². The smallest absolute Gasteiger partial charge is 0.340 e. The van der Waals surface area contributed by atoms with Gasteiger partial charge in [-0.1, -0.05) is 18.2 Å². The maximum atomic E-state index is 13.1. The highest BCUT2D eigenvalue weighted by Gasteiger charge is 2.24. The number of sulfonamides is 1. The largest absolute Gasteiger partial charge is 0.491 e. The number of carbonyl (C=O) groups excluding carboxylic acids is 2. The summed E-state index contributed by atoms with van der Waals surface area (Å²) in [5.74, 6) is -0.500. The van der Waals surface area contributed by atoms with E-state index in [1.807, 2.05) is 13.8 Å². The van der Waals surface area contributed by atoms with Gasteiger partial charge >= 0.3 is 5.97 Å². The molecular formula is C22H24N2O6S. The number of nitrogens with zero attached hydrogens (tertiary/aromatic N) is 2. The monoisotopic (exact) mass is 444 g/mol. The molecule has 3 rings (SSSR count). The molecule has 0 unspecified atom stereocenters. The number of fused-ring (bicyclic) bond motifs is 1. The Balaban J connectivity index is 1.97. The number of rotatable bonds is 7. The molecule has 0 fully saturated rings. The number of anilines is 1. The van der Waals surface area contributed by atoms with Gasteiger partial charge in [-0.05, 0) is 44.2 Å². The summed E-state index contributed by atoms with van der Waals surface area (Å²) in [5.41, 5.74) is 1.05. The van der Waals surface area contributed by atoms with E-state index in [1.54, 1.807) is 48.5 Å². The maximum absolute atomic E-state index is 13.1. The van der Waals surface area contributed by atoms with Crippen LogP contribution in [0.4, 0.5) is 5.69 Å². The van der Waals surface area contributed by atoms with Crippen molar-refractivity contribution in [2.24, 2.45) is 0 Å². The normalized spacial score (nSPS) is 11.5. The standard InChI is InChI=1S/C22H24N2O6S/c1-15(2)30-17-11-9-16(10-12-17)24(31(4,27)28)14-21(25)23-13-19(22(26)29-3)18-7-5-6-8-20(18)23/h5-13,15H,14H2,1-4H3. The van der Waals surface area contributed by atoms with Crippen LogP contribution in [0.3, 0.4) is 0 Å². The number of benzene rings is 2. The highest BCUT2D eigenvalue weighted by Crippen LogP contribution is 2.25. The van der Waals surface area contributed by atoms with Crippen molar-refractivity contribution in [2.75, 3.05) is 24.2 Å². The third-order valence-electron chi connectivity index (χ3n) is 4.56. The minimum Gasteiger partial charge on any atom is -0.491 e. The molecule has 0 saturated carbocycles. The third kappa shape index (κ3) is 4.88. The molecule has 8 nitrogen and oxygen atoms in total. The molecule has 0 spiro atoms. The molecule has 0 amide bonds. The van der Waals surface area contributed by atoms with Gasteiger partial charge in [0.2, 0.25) is 10.0 Å². The summed E-state index contributed by atoms with van der Waals surface area (Å²) in [6, 6.07) is 13.3. The van der Waals surface area contributed by atoms with Crippen LogP contribution in [-0.2, 0) is 14.8 Å². The van der Waals surface area contributed by atoms with E-state index in [1.165, 1.54) is 17.9 Å². The van der Waals surface area contributed by atoms with E-state index in [0.717, 1.165) is 10.6 Å². The second-order valence-corrected chi connectivity index (χ2v) is 9.15.